The van der Waals surface area contributed by atoms with Crippen LogP contribution >= 0.6 is 0 Å². The van der Waals surface area contributed by atoms with Crippen LogP contribution in [-0.2, 0) is 14.6 Å². The van der Waals surface area contributed by atoms with Gasteiger partial charge in [0.25, 0.3) is 0 Å². The summed E-state index contributed by atoms with van der Waals surface area (Å²) in [6.07, 6.45) is 1.34. The number of ether oxygens (including phenoxy) is 1. The highest BCUT2D eigenvalue weighted by atomic mass is 32.2. The van der Waals surface area contributed by atoms with Gasteiger partial charge in [-0.3, -0.25) is 0 Å². The van der Waals surface area contributed by atoms with Gasteiger partial charge in [0.05, 0.1) is 29.8 Å². The minimum Gasteiger partial charge on any atom is -0.462 e. The number of carbonyl (C=O) groups is 1. The van der Waals surface area contributed by atoms with Crippen molar-refractivity contribution in [2.45, 2.75) is 13.8 Å². The zero-order valence-electron chi connectivity index (χ0n) is 11.5. The van der Waals surface area contributed by atoms with Crippen LogP contribution in [0.5, 0.6) is 0 Å². The lowest BCUT2D eigenvalue weighted by atomic mass is 10.2. The molecule has 7 nitrogen and oxygen atoms in total. The molecule has 0 aromatic carbocycles. The van der Waals surface area contributed by atoms with Gasteiger partial charge < -0.3 is 15.8 Å². The van der Waals surface area contributed by atoms with Crippen LogP contribution in [0.4, 0.5) is 11.5 Å². The number of hydrogen-bond donors (Lipinski definition) is 2. The lowest BCUT2D eigenvalue weighted by Gasteiger charge is -2.09. The highest BCUT2D eigenvalue weighted by Crippen LogP contribution is 2.16. The Hall–Kier alpha value is -1.83. The van der Waals surface area contributed by atoms with Crippen LogP contribution in [0, 0.1) is 0 Å². The van der Waals surface area contributed by atoms with Gasteiger partial charge in [0.2, 0.25) is 0 Å². The summed E-state index contributed by atoms with van der Waals surface area (Å²) >= 11 is 0. The Morgan fingerprint density at radius 3 is 2.75 bits per heavy atom. The van der Waals surface area contributed by atoms with Crippen LogP contribution < -0.4 is 11.1 Å². The number of sulfone groups is 1. The molecular weight excluding hydrogens is 282 g/mol. The lowest BCUT2D eigenvalue weighted by Crippen LogP contribution is -2.18. The van der Waals surface area contributed by atoms with E-state index in [2.05, 4.69) is 10.3 Å². The Morgan fingerprint density at radius 1 is 1.45 bits per heavy atom. The first kappa shape index (κ1) is 16.2. The maximum atomic E-state index is 11.6. The average Bonchev–Trinajstić information content (AvgIpc) is 2.40. The van der Waals surface area contributed by atoms with Gasteiger partial charge in [-0.2, -0.15) is 0 Å². The molecule has 0 aliphatic carbocycles. The van der Waals surface area contributed by atoms with Gasteiger partial charge in [-0.05, 0) is 13.0 Å². The highest BCUT2D eigenvalue weighted by Gasteiger charge is 2.13. The fourth-order valence-electron chi connectivity index (χ4n) is 1.43. The second-order valence-electron chi connectivity index (χ2n) is 4.04. The molecule has 0 unspecified atom stereocenters. The molecule has 1 aromatic rings. The Labute approximate surface area is 118 Å². The number of nitrogens with one attached hydrogen (secondary N) is 1. The summed E-state index contributed by atoms with van der Waals surface area (Å²) in [5, 5.41) is 2.85. The van der Waals surface area contributed by atoms with Gasteiger partial charge in [0, 0.05) is 12.3 Å². The van der Waals surface area contributed by atoms with Crippen molar-refractivity contribution < 1.29 is 17.9 Å². The summed E-state index contributed by atoms with van der Waals surface area (Å²) in [5.74, 6) is -0.0486. The van der Waals surface area contributed by atoms with E-state index in [9.17, 15) is 13.2 Å². The molecule has 8 heteroatoms. The van der Waals surface area contributed by atoms with E-state index < -0.39 is 15.8 Å². The Kier molecular flexibility index (Phi) is 5.75. The van der Waals surface area contributed by atoms with Gasteiger partial charge in [-0.15, -0.1) is 0 Å². The van der Waals surface area contributed by atoms with Crippen LogP contribution in [0.3, 0.4) is 0 Å². The lowest BCUT2D eigenvalue weighted by molar-refractivity contribution is 0.0527. The van der Waals surface area contributed by atoms with Crippen molar-refractivity contribution in [2.24, 2.45) is 0 Å². The van der Waals surface area contributed by atoms with Gasteiger partial charge in [0.1, 0.15) is 5.82 Å². The molecule has 0 spiro atoms. The second kappa shape index (κ2) is 7.09. The molecule has 0 aliphatic rings. The van der Waals surface area contributed by atoms with Gasteiger partial charge in [0.15, 0.2) is 9.84 Å². The Bertz CT molecular complexity index is 572. The molecule has 1 heterocycles. The van der Waals surface area contributed by atoms with Crippen molar-refractivity contribution >= 4 is 27.3 Å². The molecule has 0 amide bonds. The summed E-state index contributed by atoms with van der Waals surface area (Å²) in [6.45, 7) is 3.76. The van der Waals surface area contributed by atoms with Gasteiger partial charge >= 0.3 is 5.97 Å². The van der Waals surface area contributed by atoms with Crippen molar-refractivity contribution in [3.63, 3.8) is 0 Å². The fourth-order valence-corrected chi connectivity index (χ4v) is 2.13. The fraction of sp³-hybridized carbons (Fsp3) is 0.500. The number of esters is 1. The third-order valence-electron chi connectivity index (χ3n) is 2.59. The molecule has 1 aromatic heterocycles. The van der Waals surface area contributed by atoms with Crippen molar-refractivity contribution in [2.75, 3.05) is 35.7 Å². The van der Waals surface area contributed by atoms with E-state index in [1.807, 2.05) is 0 Å². The number of nitrogens with zero attached hydrogens (tertiary/aromatic N) is 1. The molecule has 3 N–H and O–H groups in total. The number of anilines is 2. The number of nitrogens with two attached hydrogens (primary N) is 1. The molecule has 0 bridgehead atoms. The van der Waals surface area contributed by atoms with Crippen molar-refractivity contribution in [1.29, 1.82) is 0 Å². The quantitative estimate of drug-likeness (QED) is 0.712. The molecule has 112 valence electrons. The zero-order valence-corrected chi connectivity index (χ0v) is 12.4. The number of aromatic nitrogens is 1. The number of hydrogen-bond acceptors (Lipinski definition) is 7. The van der Waals surface area contributed by atoms with E-state index in [1.54, 1.807) is 13.8 Å². The maximum absolute atomic E-state index is 11.6. The molecule has 0 atom stereocenters. The third-order valence-corrected chi connectivity index (χ3v) is 4.29. The topological polar surface area (TPSA) is 111 Å². The molecule has 1 rings (SSSR count). The maximum Gasteiger partial charge on any atom is 0.340 e. The molecule has 0 fully saturated rings. The second-order valence-corrected chi connectivity index (χ2v) is 6.51. The van der Waals surface area contributed by atoms with E-state index in [4.69, 9.17) is 10.5 Å². The van der Waals surface area contributed by atoms with Crippen molar-refractivity contribution in [3.05, 3.63) is 17.8 Å². The highest BCUT2D eigenvalue weighted by molar-refractivity contribution is 7.91. The number of carbonyl (C=O) groups excluding carboxylic acids is 1. The van der Waals surface area contributed by atoms with Crippen LogP contribution in [-0.4, -0.2) is 44.0 Å². The first-order valence-corrected chi connectivity index (χ1v) is 8.08. The first-order chi connectivity index (χ1) is 9.39. The summed E-state index contributed by atoms with van der Waals surface area (Å²) in [5.41, 5.74) is 6.08. The van der Waals surface area contributed by atoms with E-state index in [0.717, 1.165) is 0 Å². The van der Waals surface area contributed by atoms with Crippen LogP contribution in [0.1, 0.15) is 24.2 Å². The van der Waals surface area contributed by atoms with Crippen LogP contribution in [0.2, 0.25) is 0 Å². The van der Waals surface area contributed by atoms with Crippen LogP contribution in [0.15, 0.2) is 12.3 Å². The van der Waals surface area contributed by atoms with Crippen LogP contribution in [0.25, 0.3) is 0 Å². The van der Waals surface area contributed by atoms with Crippen molar-refractivity contribution in [1.82, 2.24) is 4.98 Å². The largest absolute Gasteiger partial charge is 0.462 e. The van der Waals surface area contributed by atoms with E-state index in [-0.39, 0.29) is 35.9 Å². The summed E-state index contributed by atoms with van der Waals surface area (Å²) in [7, 11) is -3.04. The number of nitrogen functional groups attached to an aromatic ring is 1. The number of rotatable bonds is 7. The van der Waals surface area contributed by atoms with E-state index in [0.29, 0.717) is 5.82 Å². The standard InChI is InChI=1S/C12H19N3O4S/c1-3-19-12(16)9-7-11(15-8-10(9)13)14-5-6-20(17,18)4-2/h7-8H,3-6,13H2,1-2H3,(H,14,15). The Balaban J connectivity index is 2.73. The van der Waals surface area contributed by atoms with E-state index >= 15 is 0 Å². The molecular formula is C12H19N3O4S. The van der Waals surface area contributed by atoms with Gasteiger partial charge in [-0.1, -0.05) is 6.92 Å². The molecule has 0 radical (unpaired) electrons. The smallest absolute Gasteiger partial charge is 0.340 e. The predicted molar refractivity (Wildman–Crippen MR) is 77.4 cm³/mol. The SMILES string of the molecule is CCOC(=O)c1cc(NCCS(=O)(=O)CC)ncc1N. The van der Waals surface area contributed by atoms with Gasteiger partial charge in [-0.25, -0.2) is 18.2 Å². The minimum atomic E-state index is -3.04. The summed E-state index contributed by atoms with van der Waals surface area (Å²) in [6, 6.07) is 1.45. The summed E-state index contributed by atoms with van der Waals surface area (Å²) in [4.78, 5) is 15.6. The molecule has 0 saturated carbocycles. The first-order valence-electron chi connectivity index (χ1n) is 6.26. The summed E-state index contributed by atoms with van der Waals surface area (Å²) < 4.78 is 27.6. The predicted octanol–water partition coefficient (Wildman–Crippen LogP) is 0.687. The third kappa shape index (κ3) is 4.69. The zero-order chi connectivity index (χ0) is 15.2. The molecule has 20 heavy (non-hydrogen) atoms. The minimum absolute atomic E-state index is 0.00426. The Morgan fingerprint density at radius 2 is 2.15 bits per heavy atom. The van der Waals surface area contributed by atoms with E-state index in [1.165, 1.54) is 12.3 Å². The van der Waals surface area contributed by atoms with Crippen molar-refractivity contribution in [3.8, 4) is 0 Å². The normalized spacial score (nSPS) is 11.1. The molecule has 0 aliphatic heterocycles. The molecule has 0 saturated heterocycles. The average molecular weight is 301 g/mol. The monoisotopic (exact) mass is 301 g/mol. The number of pyridine rings is 1.